The Morgan fingerprint density at radius 3 is 2.71 bits per heavy atom. The van der Waals surface area contributed by atoms with E-state index in [2.05, 4.69) is 9.55 Å². The molecule has 1 unspecified atom stereocenters. The zero-order valence-electron chi connectivity index (χ0n) is 12.5. The molecule has 1 heterocycles. The van der Waals surface area contributed by atoms with Gasteiger partial charge in [-0.15, -0.1) is 11.6 Å². The van der Waals surface area contributed by atoms with Crippen molar-refractivity contribution in [1.29, 1.82) is 0 Å². The molecular formula is C17H20ClFN2. The predicted octanol–water partition coefficient (Wildman–Crippen LogP) is 4.97. The molecule has 2 aliphatic carbocycles. The number of benzene rings is 1. The number of imidazole rings is 1. The van der Waals surface area contributed by atoms with Crippen LogP contribution >= 0.6 is 11.6 Å². The third-order valence-corrected chi connectivity index (χ3v) is 5.42. The number of rotatable bonds is 4. The Bertz CT molecular complexity index is 711. The van der Waals surface area contributed by atoms with Crippen LogP contribution in [0.2, 0.25) is 0 Å². The number of halogens is 2. The number of aryl methyl sites for hydroxylation is 1. The number of hydrogen-bond acceptors (Lipinski definition) is 1. The Hall–Kier alpha value is -1.09. The largest absolute Gasteiger partial charge is 0.326 e. The van der Waals surface area contributed by atoms with Gasteiger partial charge in [0, 0.05) is 12.6 Å². The molecular weight excluding hydrogens is 287 g/mol. The fourth-order valence-electron chi connectivity index (χ4n) is 3.61. The molecule has 0 amide bonds. The van der Waals surface area contributed by atoms with Gasteiger partial charge in [0.2, 0.25) is 0 Å². The van der Waals surface area contributed by atoms with E-state index >= 15 is 0 Å². The smallest absolute Gasteiger partial charge is 0.128 e. The van der Waals surface area contributed by atoms with Crippen LogP contribution in [-0.2, 0) is 6.54 Å². The molecule has 2 nitrogen and oxygen atoms in total. The van der Waals surface area contributed by atoms with Crippen LogP contribution in [0.1, 0.15) is 49.4 Å². The fraction of sp³-hybridized carbons (Fsp3) is 0.588. The first-order valence-corrected chi connectivity index (χ1v) is 8.24. The van der Waals surface area contributed by atoms with E-state index in [0.717, 1.165) is 29.3 Å². The average Bonchev–Trinajstić information content (AvgIpc) is 3.31. The van der Waals surface area contributed by atoms with Crippen molar-refractivity contribution in [3.63, 3.8) is 0 Å². The van der Waals surface area contributed by atoms with Gasteiger partial charge in [-0.3, -0.25) is 0 Å². The van der Waals surface area contributed by atoms with Crippen molar-refractivity contribution in [2.45, 2.75) is 51.5 Å². The third-order valence-electron chi connectivity index (χ3n) is 5.22. The van der Waals surface area contributed by atoms with Crippen molar-refractivity contribution in [2.75, 3.05) is 0 Å². The number of alkyl halides is 1. The topological polar surface area (TPSA) is 17.8 Å². The first kappa shape index (κ1) is 13.6. The van der Waals surface area contributed by atoms with E-state index in [9.17, 15) is 4.39 Å². The van der Waals surface area contributed by atoms with E-state index in [1.807, 2.05) is 19.9 Å². The predicted molar refractivity (Wildman–Crippen MR) is 83.1 cm³/mol. The van der Waals surface area contributed by atoms with Crippen LogP contribution in [-0.4, -0.2) is 9.55 Å². The minimum atomic E-state index is -0.191. The molecule has 4 heteroatoms. The molecule has 1 aromatic heterocycles. The molecule has 0 saturated heterocycles. The van der Waals surface area contributed by atoms with Crippen LogP contribution < -0.4 is 0 Å². The van der Waals surface area contributed by atoms with Crippen LogP contribution in [0.4, 0.5) is 4.39 Å². The van der Waals surface area contributed by atoms with Gasteiger partial charge in [-0.05, 0) is 62.5 Å². The lowest BCUT2D eigenvalue weighted by molar-refractivity contribution is 0.369. The molecule has 2 aromatic rings. The summed E-state index contributed by atoms with van der Waals surface area (Å²) in [6, 6.07) is 3.46. The number of hydrogen-bond donors (Lipinski definition) is 0. The molecule has 4 rings (SSSR count). The molecule has 1 atom stereocenters. The van der Waals surface area contributed by atoms with Gasteiger partial charge in [0.15, 0.2) is 0 Å². The first-order chi connectivity index (χ1) is 10.00. The second-order valence-electron chi connectivity index (χ2n) is 6.90. The van der Waals surface area contributed by atoms with Crippen molar-refractivity contribution in [1.82, 2.24) is 9.55 Å². The van der Waals surface area contributed by atoms with E-state index in [0.29, 0.717) is 11.0 Å². The summed E-state index contributed by atoms with van der Waals surface area (Å²) in [7, 11) is 0. The highest BCUT2D eigenvalue weighted by Gasteiger charge is 2.54. The van der Waals surface area contributed by atoms with Crippen LogP contribution in [0, 0.1) is 24.1 Å². The highest BCUT2D eigenvalue weighted by atomic mass is 35.5. The SMILES string of the molecule is Cc1cc2c(cc1F)nc(C(C)Cl)n2CC1(C2CC2)CC1. The Morgan fingerprint density at radius 1 is 1.43 bits per heavy atom. The summed E-state index contributed by atoms with van der Waals surface area (Å²) in [5.41, 5.74) is 2.90. The summed E-state index contributed by atoms with van der Waals surface area (Å²) in [5.74, 6) is 1.57. The Balaban J connectivity index is 1.84. The Kier molecular flexibility index (Phi) is 2.88. The maximum Gasteiger partial charge on any atom is 0.128 e. The summed E-state index contributed by atoms with van der Waals surface area (Å²) >= 11 is 6.33. The van der Waals surface area contributed by atoms with Crippen molar-refractivity contribution in [3.05, 3.63) is 29.3 Å². The van der Waals surface area contributed by atoms with Crippen molar-refractivity contribution < 1.29 is 4.39 Å². The Morgan fingerprint density at radius 2 is 2.14 bits per heavy atom. The normalized spacial score (nSPS) is 21.7. The second kappa shape index (κ2) is 4.45. The minimum Gasteiger partial charge on any atom is -0.326 e. The third kappa shape index (κ3) is 2.17. The molecule has 112 valence electrons. The molecule has 0 radical (unpaired) electrons. The molecule has 2 fully saturated rings. The fourth-order valence-corrected chi connectivity index (χ4v) is 3.77. The molecule has 2 aliphatic rings. The minimum absolute atomic E-state index is 0.157. The average molecular weight is 307 g/mol. The monoisotopic (exact) mass is 306 g/mol. The van der Waals surface area contributed by atoms with E-state index in [1.54, 1.807) is 6.07 Å². The van der Waals surface area contributed by atoms with Gasteiger partial charge in [-0.1, -0.05) is 0 Å². The van der Waals surface area contributed by atoms with Gasteiger partial charge in [0.25, 0.3) is 0 Å². The molecule has 0 N–H and O–H groups in total. The summed E-state index contributed by atoms with van der Waals surface area (Å²) in [6.07, 6.45) is 5.36. The second-order valence-corrected chi connectivity index (χ2v) is 7.55. The van der Waals surface area contributed by atoms with E-state index in [4.69, 9.17) is 11.6 Å². The lowest BCUT2D eigenvalue weighted by Gasteiger charge is -2.18. The van der Waals surface area contributed by atoms with Crippen molar-refractivity contribution >= 4 is 22.6 Å². The summed E-state index contributed by atoms with van der Waals surface area (Å²) in [6.45, 7) is 4.74. The zero-order valence-corrected chi connectivity index (χ0v) is 13.3. The maximum atomic E-state index is 13.8. The number of fused-ring (bicyclic) bond motifs is 1. The molecule has 0 spiro atoms. The van der Waals surface area contributed by atoms with Crippen LogP contribution in [0.25, 0.3) is 11.0 Å². The van der Waals surface area contributed by atoms with Gasteiger partial charge >= 0.3 is 0 Å². The molecule has 2 saturated carbocycles. The summed E-state index contributed by atoms with van der Waals surface area (Å²) in [4.78, 5) is 4.60. The standard InChI is InChI=1S/C17H20ClFN2/c1-10-7-15-14(8-13(10)19)20-16(11(2)18)21(15)9-17(5-6-17)12-3-4-12/h7-8,11-12H,3-6,9H2,1-2H3. The van der Waals surface area contributed by atoms with E-state index in [-0.39, 0.29) is 11.2 Å². The van der Waals surface area contributed by atoms with Crippen molar-refractivity contribution in [2.24, 2.45) is 11.3 Å². The first-order valence-electron chi connectivity index (χ1n) is 7.80. The van der Waals surface area contributed by atoms with Gasteiger partial charge in [-0.25, -0.2) is 9.37 Å². The summed E-state index contributed by atoms with van der Waals surface area (Å²) in [5, 5.41) is -0.157. The maximum absolute atomic E-state index is 13.8. The molecule has 0 aliphatic heterocycles. The van der Waals surface area contributed by atoms with Crippen LogP contribution in [0.5, 0.6) is 0 Å². The molecule has 0 bridgehead atoms. The lowest BCUT2D eigenvalue weighted by Crippen LogP contribution is -2.16. The van der Waals surface area contributed by atoms with Gasteiger partial charge < -0.3 is 4.57 Å². The summed E-state index contributed by atoms with van der Waals surface area (Å²) < 4.78 is 16.1. The van der Waals surface area contributed by atoms with Crippen LogP contribution in [0.15, 0.2) is 12.1 Å². The van der Waals surface area contributed by atoms with Gasteiger partial charge in [-0.2, -0.15) is 0 Å². The van der Waals surface area contributed by atoms with Crippen molar-refractivity contribution in [3.8, 4) is 0 Å². The molecule has 1 aromatic carbocycles. The van der Waals surface area contributed by atoms with Gasteiger partial charge in [0.1, 0.15) is 11.6 Å². The molecule has 21 heavy (non-hydrogen) atoms. The lowest BCUT2D eigenvalue weighted by atomic mass is 10.0. The number of aromatic nitrogens is 2. The zero-order chi connectivity index (χ0) is 14.8. The highest BCUT2D eigenvalue weighted by molar-refractivity contribution is 6.20. The number of nitrogens with zero attached hydrogens (tertiary/aromatic N) is 2. The van der Waals surface area contributed by atoms with Gasteiger partial charge in [0.05, 0.1) is 16.4 Å². The van der Waals surface area contributed by atoms with E-state index in [1.165, 1.54) is 25.7 Å². The highest BCUT2D eigenvalue weighted by Crippen LogP contribution is 2.62. The Labute approximate surface area is 129 Å². The van der Waals surface area contributed by atoms with Crippen LogP contribution in [0.3, 0.4) is 0 Å². The van der Waals surface area contributed by atoms with E-state index < -0.39 is 0 Å². The quantitative estimate of drug-likeness (QED) is 0.729.